The number of nitrogens with two attached hydrogens (primary N) is 1. The Balaban J connectivity index is 1.84. The van der Waals surface area contributed by atoms with Crippen LogP contribution in [-0.2, 0) is 9.53 Å². The summed E-state index contributed by atoms with van der Waals surface area (Å²) in [5.41, 5.74) is 5.34. The number of nitrogens with zero attached hydrogens (tertiary/aromatic N) is 1. The molecule has 4 atom stereocenters. The van der Waals surface area contributed by atoms with Gasteiger partial charge in [-0.25, -0.2) is 0 Å². The summed E-state index contributed by atoms with van der Waals surface area (Å²) < 4.78 is 5.70. The third-order valence-electron chi connectivity index (χ3n) is 5.26. The fourth-order valence-corrected chi connectivity index (χ4v) is 4.01. The fraction of sp³-hybridized carbons (Fsp3) is 0.923. The Labute approximate surface area is 107 Å². The number of ether oxygens (including phenoxy) is 1. The maximum atomic E-state index is 12.7. The van der Waals surface area contributed by atoms with Crippen LogP contribution in [0.25, 0.3) is 0 Å². The quantitative estimate of drug-likeness (QED) is 0.675. The van der Waals surface area contributed by atoms with Gasteiger partial charge in [-0.3, -0.25) is 4.79 Å². The Morgan fingerprint density at radius 3 is 2.78 bits per heavy atom. The fourth-order valence-electron chi connectivity index (χ4n) is 4.01. The number of hydrogen-bond acceptors (Lipinski definition) is 4. The van der Waals surface area contributed by atoms with Gasteiger partial charge in [-0.15, -0.1) is 0 Å². The average Bonchev–Trinajstić information content (AvgIpc) is 2.94. The van der Waals surface area contributed by atoms with Crippen molar-refractivity contribution in [2.24, 2.45) is 17.1 Å². The number of hydrogen-bond donors (Lipinski definition) is 2. The zero-order chi connectivity index (χ0) is 13.1. The van der Waals surface area contributed by atoms with Crippen LogP contribution in [0.1, 0.15) is 26.7 Å². The lowest BCUT2D eigenvalue weighted by Gasteiger charge is -2.61. The molecule has 102 valence electrons. The van der Waals surface area contributed by atoms with Crippen molar-refractivity contribution < 1.29 is 14.6 Å². The SMILES string of the molecule is CC1(C)C2OCCC2C1(N)C(=O)N1CC[C@@H](O)C1. The van der Waals surface area contributed by atoms with Crippen molar-refractivity contribution in [2.75, 3.05) is 19.7 Å². The summed E-state index contributed by atoms with van der Waals surface area (Å²) in [4.78, 5) is 14.4. The lowest BCUT2D eigenvalue weighted by atomic mass is 9.47. The molecule has 0 aromatic heterocycles. The van der Waals surface area contributed by atoms with Gasteiger partial charge in [0.05, 0.1) is 12.2 Å². The predicted molar refractivity (Wildman–Crippen MR) is 65.8 cm³/mol. The first-order chi connectivity index (χ1) is 8.39. The molecule has 0 aromatic carbocycles. The lowest BCUT2D eigenvalue weighted by Crippen LogP contribution is -2.80. The normalized spacial score (nSPS) is 45.8. The van der Waals surface area contributed by atoms with E-state index in [1.807, 2.05) is 13.8 Å². The summed E-state index contributed by atoms with van der Waals surface area (Å²) >= 11 is 0. The molecule has 5 nitrogen and oxygen atoms in total. The molecule has 0 bridgehead atoms. The minimum Gasteiger partial charge on any atom is -0.391 e. The zero-order valence-electron chi connectivity index (χ0n) is 11.1. The van der Waals surface area contributed by atoms with E-state index in [4.69, 9.17) is 10.5 Å². The van der Waals surface area contributed by atoms with Crippen LogP contribution in [0.2, 0.25) is 0 Å². The first-order valence-electron chi connectivity index (χ1n) is 6.77. The van der Waals surface area contributed by atoms with Crippen molar-refractivity contribution in [1.29, 1.82) is 0 Å². The second-order valence-electron chi connectivity index (χ2n) is 6.47. The summed E-state index contributed by atoms with van der Waals surface area (Å²) in [5, 5.41) is 9.56. The standard InChI is InChI=1S/C13H22N2O3/c1-12(2)10-9(4-6-18-10)13(12,14)11(17)15-5-3-8(16)7-15/h8-10,16H,3-7,14H2,1-2H3/t8-,9?,10?,13?/m1/s1. The molecule has 3 rings (SSSR count). The van der Waals surface area contributed by atoms with Gasteiger partial charge < -0.3 is 20.5 Å². The first kappa shape index (κ1) is 12.4. The van der Waals surface area contributed by atoms with Gasteiger partial charge in [0.2, 0.25) is 5.91 Å². The van der Waals surface area contributed by atoms with E-state index in [1.165, 1.54) is 0 Å². The van der Waals surface area contributed by atoms with Crippen LogP contribution in [0.3, 0.4) is 0 Å². The minimum atomic E-state index is -0.821. The van der Waals surface area contributed by atoms with Crippen LogP contribution in [0.4, 0.5) is 0 Å². The Bertz CT molecular complexity index is 384. The summed E-state index contributed by atoms with van der Waals surface area (Å²) in [6.07, 6.45) is 1.25. The molecule has 1 amide bonds. The molecule has 2 saturated heterocycles. The van der Waals surface area contributed by atoms with Crippen LogP contribution in [-0.4, -0.2) is 53.4 Å². The molecule has 1 saturated carbocycles. The van der Waals surface area contributed by atoms with Gasteiger partial charge in [0.1, 0.15) is 5.54 Å². The summed E-state index contributed by atoms with van der Waals surface area (Å²) in [7, 11) is 0. The van der Waals surface area contributed by atoms with Gasteiger partial charge in [-0.05, 0) is 12.8 Å². The van der Waals surface area contributed by atoms with Crippen molar-refractivity contribution in [2.45, 2.75) is 44.4 Å². The number of carbonyl (C=O) groups excluding carboxylic acids is 1. The topological polar surface area (TPSA) is 75.8 Å². The molecular weight excluding hydrogens is 232 g/mol. The van der Waals surface area contributed by atoms with Crippen LogP contribution in [0.15, 0.2) is 0 Å². The molecule has 0 spiro atoms. The van der Waals surface area contributed by atoms with E-state index in [1.54, 1.807) is 4.90 Å². The highest BCUT2D eigenvalue weighted by Crippen LogP contribution is 2.58. The van der Waals surface area contributed by atoms with Crippen molar-refractivity contribution in [3.05, 3.63) is 0 Å². The lowest BCUT2D eigenvalue weighted by molar-refractivity contribution is -0.183. The van der Waals surface area contributed by atoms with Gasteiger partial charge in [0.25, 0.3) is 0 Å². The van der Waals surface area contributed by atoms with Crippen LogP contribution < -0.4 is 5.73 Å². The van der Waals surface area contributed by atoms with Gasteiger partial charge in [-0.1, -0.05) is 13.8 Å². The Kier molecular flexibility index (Phi) is 2.53. The van der Waals surface area contributed by atoms with Crippen LogP contribution >= 0.6 is 0 Å². The molecule has 18 heavy (non-hydrogen) atoms. The Morgan fingerprint density at radius 2 is 2.17 bits per heavy atom. The maximum absolute atomic E-state index is 12.7. The van der Waals surface area contributed by atoms with E-state index >= 15 is 0 Å². The monoisotopic (exact) mass is 254 g/mol. The second-order valence-corrected chi connectivity index (χ2v) is 6.47. The molecule has 1 aliphatic carbocycles. The van der Waals surface area contributed by atoms with E-state index in [9.17, 15) is 9.90 Å². The molecule has 0 aromatic rings. The number of likely N-dealkylation sites (tertiary alicyclic amines) is 1. The zero-order valence-corrected chi connectivity index (χ0v) is 11.1. The molecular formula is C13H22N2O3. The average molecular weight is 254 g/mol. The summed E-state index contributed by atoms with van der Waals surface area (Å²) in [5.74, 6) is 0.133. The highest BCUT2D eigenvalue weighted by atomic mass is 16.5. The van der Waals surface area contributed by atoms with E-state index < -0.39 is 11.6 Å². The molecule has 3 unspecified atom stereocenters. The third kappa shape index (κ3) is 1.30. The smallest absolute Gasteiger partial charge is 0.243 e. The van der Waals surface area contributed by atoms with Gasteiger partial charge >= 0.3 is 0 Å². The van der Waals surface area contributed by atoms with E-state index in [2.05, 4.69) is 0 Å². The Hall–Kier alpha value is -0.650. The molecule has 2 aliphatic heterocycles. The highest BCUT2D eigenvalue weighted by molar-refractivity contribution is 5.90. The van der Waals surface area contributed by atoms with Gasteiger partial charge in [0.15, 0.2) is 0 Å². The molecule has 3 fully saturated rings. The van der Waals surface area contributed by atoms with Crippen molar-refractivity contribution in [3.63, 3.8) is 0 Å². The Morgan fingerprint density at radius 1 is 1.44 bits per heavy atom. The van der Waals surface area contributed by atoms with E-state index in [0.717, 1.165) is 6.42 Å². The van der Waals surface area contributed by atoms with Gasteiger partial charge in [0, 0.05) is 31.0 Å². The first-order valence-corrected chi connectivity index (χ1v) is 6.77. The minimum absolute atomic E-state index is 0.00389. The number of β-amino-alcohol motifs (C(OH)–C–C–N with tert-alkyl or cyclic N) is 1. The van der Waals surface area contributed by atoms with Crippen molar-refractivity contribution in [3.8, 4) is 0 Å². The van der Waals surface area contributed by atoms with Crippen LogP contribution in [0.5, 0.6) is 0 Å². The summed E-state index contributed by atoms with van der Waals surface area (Å²) in [6.45, 7) is 5.78. The molecule has 3 aliphatic rings. The van der Waals surface area contributed by atoms with Crippen LogP contribution in [0, 0.1) is 11.3 Å². The number of aliphatic hydroxyl groups is 1. The molecule has 5 heteroatoms. The molecule has 3 N–H and O–H groups in total. The highest BCUT2D eigenvalue weighted by Gasteiger charge is 2.72. The van der Waals surface area contributed by atoms with Crippen molar-refractivity contribution in [1.82, 2.24) is 4.90 Å². The van der Waals surface area contributed by atoms with Gasteiger partial charge in [-0.2, -0.15) is 0 Å². The van der Waals surface area contributed by atoms with Crippen molar-refractivity contribution >= 4 is 5.91 Å². The molecule has 2 heterocycles. The molecule has 0 radical (unpaired) electrons. The number of aliphatic hydroxyl groups excluding tert-OH is 1. The maximum Gasteiger partial charge on any atom is 0.243 e. The van der Waals surface area contributed by atoms with E-state index in [-0.39, 0.29) is 23.3 Å². The predicted octanol–water partition coefficient (Wildman–Crippen LogP) is -0.278. The number of rotatable bonds is 1. The number of fused-ring (bicyclic) bond motifs is 1. The number of amides is 1. The summed E-state index contributed by atoms with van der Waals surface area (Å²) in [6, 6.07) is 0. The third-order valence-corrected chi connectivity index (χ3v) is 5.26. The number of carbonyl (C=O) groups is 1. The largest absolute Gasteiger partial charge is 0.391 e. The second kappa shape index (κ2) is 3.68. The van der Waals surface area contributed by atoms with E-state index in [0.29, 0.717) is 26.1 Å².